The van der Waals surface area contributed by atoms with Crippen LogP contribution in [0.5, 0.6) is 17.2 Å². The quantitative estimate of drug-likeness (QED) is 0.539. The van der Waals surface area contributed by atoms with E-state index in [-0.39, 0.29) is 11.3 Å². The summed E-state index contributed by atoms with van der Waals surface area (Å²) >= 11 is 5.81. The Kier molecular flexibility index (Phi) is 6.46. The van der Waals surface area contributed by atoms with E-state index in [0.717, 1.165) is 0 Å². The number of benzene rings is 2. The average molecular weight is 379 g/mol. The Hall–Kier alpha value is -2.73. The molecule has 2 aromatic carbocycles. The second kappa shape index (κ2) is 8.58. The number of ketones is 1. The van der Waals surface area contributed by atoms with Crippen molar-refractivity contribution in [3.05, 3.63) is 52.5 Å². The fourth-order valence-electron chi connectivity index (χ4n) is 2.33. The standard InChI is InChI=1S/C19H19ClO6/c1-11(17(21)12-5-7-14(20)8-6-12)26-19(22)13-9-15(23-2)18(25-4)16(10-13)24-3/h5-11H,1-4H3/t11-/m0/s1. The number of esters is 1. The van der Waals surface area contributed by atoms with Crippen LogP contribution in [0.25, 0.3) is 0 Å². The summed E-state index contributed by atoms with van der Waals surface area (Å²) in [5, 5.41) is 0.517. The van der Waals surface area contributed by atoms with Gasteiger partial charge >= 0.3 is 5.97 Å². The number of halogens is 1. The number of hydrogen-bond donors (Lipinski definition) is 0. The molecule has 0 amide bonds. The summed E-state index contributed by atoms with van der Waals surface area (Å²) in [5.74, 6) is -0.0238. The number of rotatable bonds is 7. The maximum Gasteiger partial charge on any atom is 0.339 e. The molecule has 0 saturated carbocycles. The van der Waals surface area contributed by atoms with Gasteiger partial charge in [0.25, 0.3) is 0 Å². The van der Waals surface area contributed by atoms with E-state index >= 15 is 0 Å². The minimum absolute atomic E-state index is 0.176. The van der Waals surface area contributed by atoms with Gasteiger partial charge in [-0.2, -0.15) is 0 Å². The van der Waals surface area contributed by atoms with E-state index < -0.39 is 12.1 Å². The average Bonchev–Trinajstić information content (AvgIpc) is 2.66. The topological polar surface area (TPSA) is 71.1 Å². The highest BCUT2D eigenvalue weighted by molar-refractivity contribution is 6.30. The van der Waals surface area contributed by atoms with Crippen molar-refractivity contribution in [2.45, 2.75) is 13.0 Å². The van der Waals surface area contributed by atoms with Gasteiger partial charge in [0.15, 0.2) is 17.6 Å². The van der Waals surface area contributed by atoms with Crippen LogP contribution in [-0.4, -0.2) is 39.2 Å². The molecule has 2 rings (SSSR count). The van der Waals surface area contributed by atoms with Crippen LogP contribution < -0.4 is 14.2 Å². The first-order valence-corrected chi connectivity index (χ1v) is 8.09. The number of methoxy groups -OCH3 is 3. The smallest absolute Gasteiger partial charge is 0.339 e. The van der Waals surface area contributed by atoms with Gasteiger partial charge in [0.2, 0.25) is 11.5 Å². The molecule has 0 fully saturated rings. The Morgan fingerprint density at radius 1 is 0.885 bits per heavy atom. The van der Waals surface area contributed by atoms with Crippen LogP contribution in [0.15, 0.2) is 36.4 Å². The molecule has 1 atom stereocenters. The van der Waals surface area contributed by atoms with E-state index in [9.17, 15) is 9.59 Å². The van der Waals surface area contributed by atoms with Gasteiger partial charge in [-0.1, -0.05) is 11.6 Å². The SMILES string of the molecule is COc1cc(C(=O)O[C@@H](C)C(=O)c2ccc(Cl)cc2)cc(OC)c1OC. The first-order chi connectivity index (χ1) is 12.4. The lowest BCUT2D eigenvalue weighted by molar-refractivity contribution is 0.0318. The van der Waals surface area contributed by atoms with Gasteiger partial charge in [0, 0.05) is 10.6 Å². The van der Waals surface area contributed by atoms with Gasteiger partial charge in [-0.3, -0.25) is 4.79 Å². The third-order valence-electron chi connectivity index (χ3n) is 3.68. The molecule has 26 heavy (non-hydrogen) atoms. The van der Waals surface area contributed by atoms with Crippen LogP contribution in [0.3, 0.4) is 0 Å². The second-order valence-electron chi connectivity index (χ2n) is 5.33. The summed E-state index contributed by atoms with van der Waals surface area (Å²) in [4.78, 5) is 24.8. The van der Waals surface area contributed by atoms with Gasteiger partial charge < -0.3 is 18.9 Å². The normalized spacial score (nSPS) is 11.4. The maximum absolute atomic E-state index is 12.4. The number of ether oxygens (including phenoxy) is 4. The lowest BCUT2D eigenvalue weighted by Gasteiger charge is -2.15. The van der Waals surface area contributed by atoms with Crippen LogP contribution in [0.4, 0.5) is 0 Å². The zero-order valence-electron chi connectivity index (χ0n) is 14.9. The molecule has 0 aliphatic rings. The van der Waals surface area contributed by atoms with Crippen molar-refractivity contribution in [2.24, 2.45) is 0 Å². The van der Waals surface area contributed by atoms with Gasteiger partial charge in [0.05, 0.1) is 26.9 Å². The molecular formula is C19H19ClO6. The Morgan fingerprint density at radius 2 is 1.42 bits per heavy atom. The van der Waals surface area contributed by atoms with Crippen molar-refractivity contribution >= 4 is 23.4 Å². The molecule has 0 spiro atoms. The summed E-state index contributed by atoms with van der Waals surface area (Å²) in [7, 11) is 4.35. The first-order valence-electron chi connectivity index (χ1n) is 7.72. The molecule has 138 valence electrons. The molecule has 7 heteroatoms. The molecule has 6 nitrogen and oxygen atoms in total. The van der Waals surface area contributed by atoms with Crippen LogP contribution in [0.2, 0.25) is 5.02 Å². The number of Topliss-reactive ketones (excluding diaryl/α,β-unsaturated/α-hetero) is 1. The van der Waals surface area contributed by atoms with Crippen molar-refractivity contribution in [1.82, 2.24) is 0 Å². The molecule has 0 radical (unpaired) electrons. The zero-order chi connectivity index (χ0) is 19.3. The Morgan fingerprint density at radius 3 is 1.88 bits per heavy atom. The minimum atomic E-state index is -0.970. The summed E-state index contributed by atoms with van der Waals surface area (Å²) in [6, 6.07) is 9.28. The molecule has 0 saturated heterocycles. The highest BCUT2D eigenvalue weighted by Gasteiger charge is 2.23. The zero-order valence-corrected chi connectivity index (χ0v) is 15.6. The maximum atomic E-state index is 12.4. The third kappa shape index (κ3) is 4.26. The van der Waals surface area contributed by atoms with Gasteiger partial charge in [-0.15, -0.1) is 0 Å². The summed E-state index contributed by atoms with van der Waals surface area (Å²) in [6.07, 6.45) is -0.970. The number of hydrogen-bond acceptors (Lipinski definition) is 6. The molecule has 0 bridgehead atoms. The van der Waals surface area contributed by atoms with E-state index in [1.54, 1.807) is 24.3 Å². The van der Waals surface area contributed by atoms with Crippen molar-refractivity contribution < 1.29 is 28.5 Å². The highest BCUT2D eigenvalue weighted by atomic mass is 35.5. The van der Waals surface area contributed by atoms with Crippen LogP contribution in [0, 0.1) is 0 Å². The molecule has 0 unspecified atom stereocenters. The molecule has 2 aromatic rings. The second-order valence-corrected chi connectivity index (χ2v) is 5.77. The third-order valence-corrected chi connectivity index (χ3v) is 3.93. The van der Waals surface area contributed by atoms with Crippen molar-refractivity contribution in [1.29, 1.82) is 0 Å². The van der Waals surface area contributed by atoms with E-state index in [1.165, 1.54) is 40.4 Å². The Bertz CT molecular complexity index is 775. The van der Waals surface area contributed by atoms with Crippen LogP contribution in [0.1, 0.15) is 27.6 Å². The van der Waals surface area contributed by atoms with E-state index in [2.05, 4.69) is 0 Å². The predicted molar refractivity (Wildman–Crippen MR) is 96.8 cm³/mol. The van der Waals surface area contributed by atoms with Gasteiger partial charge in [0.1, 0.15) is 0 Å². The van der Waals surface area contributed by atoms with Gasteiger partial charge in [-0.05, 0) is 43.3 Å². The van der Waals surface area contributed by atoms with Crippen molar-refractivity contribution in [2.75, 3.05) is 21.3 Å². The van der Waals surface area contributed by atoms with E-state index in [4.69, 9.17) is 30.5 Å². The summed E-state index contributed by atoms with van der Waals surface area (Å²) < 4.78 is 20.9. The van der Waals surface area contributed by atoms with E-state index in [0.29, 0.717) is 27.8 Å². The highest BCUT2D eigenvalue weighted by Crippen LogP contribution is 2.38. The van der Waals surface area contributed by atoms with Gasteiger partial charge in [-0.25, -0.2) is 4.79 Å². The van der Waals surface area contributed by atoms with Crippen LogP contribution >= 0.6 is 11.6 Å². The van der Waals surface area contributed by atoms with Crippen molar-refractivity contribution in [3.8, 4) is 17.2 Å². The number of carbonyl (C=O) groups excluding carboxylic acids is 2. The molecule has 0 aliphatic carbocycles. The lowest BCUT2D eigenvalue weighted by Crippen LogP contribution is -2.24. The van der Waals surface area contributed by atoms with Crippen molar-refractivity contribution in [3.63, 3.8) is 0 Å². The summed E-state index contributed by atoms with van der Waals surface area (Å²) in [6.45, 7) is 1.51. The minimum Gasteiger partial charge on any atom is -0.493 e. The fraction of sp³-hybridized carbons (Fsp3) is 0.263. The summed E-state index contributed by atoms with van der Waals surface area (Å²) in [5.41, 5.74) is 0.579. The molecular weight excluding hydrogens is 360 g/mol. The molecule has 0 heterocycles. The predicted octanol–water partition coefficient (Wildman–Crippen LogP) is 3.79. The number of carbonyl (C=O) groups is 2. The molecule has 0 aromatic heterocycles. The molecule has 0 N–H and O–H groups in total. The lowest BCUT2D eigenvalue weighted by atomic mass is 10.1. The monoisotopic (exact) mass is 378 g/mol. The van der Waals surface area contributed by atoms with Crippen LogP contribution in [-0.2, 0) is 4.74 Å². The van der Waals surface area contributed by atoms with E-state index in [1.807, 2.05) is 0 Å². The largest absolute Gasteiger partial charge is 0.493 e. The Balaban J connectivity index is 2.21. The molecule has 0 aliphatic heterocycles. The Labute approximate surface area is 156 Å². The fourth-order valence-corrected chi connectivity index (χ4v) is 2.46. The first kappa shape index (κ1) is 19.6.